The summed E-state index contributed by atoms with van der Waals surface area (Å²) < 4.78 is 111. The third-order valence-corrected chi connectivity index (χ3v) is 5.89. The Kier molecular flexibility index (Phi) is 7.47. The van der Waals surface area contributed by atoms with Crippen molar-refractivity contribution in [1.29, 1.82) is 0 Å². The minimum atomic E-state index is -1.74. The summed E-state index contributed by atoms with van der Waals surface area (Å²) in [4.78, 5) is 0. The lowest BCUT2D eigenvalue weighted by Crippen LogP contribution is -1.97. The third kappa shape index (κ3) is 5.58. The van der Waals surface area contributed by atoms with Gasteiger partial charge in [-0.05, 0) is 77.9 Å². The Morgan fingerprint density at radius 3 is 1.68 bits per heavy atom. The molecule has 4 rings (SSSR count). The first-order chi connectivity index (χ1) is 17.5. The molecule has 0 radical (unpaired) electrons. The minimum absolute atomic E-state index is 0.160. The van der Waals surface area contributed by atoms with E-state index in [0.29, 0.717) is 29.7 Å². The first-order valence-corrected chi connectivity index (χ1v) is 11.1. The van der Waals surface area contributed by atoms with Gasteiger partial charge in [0.2, 0.25) is 0 Å². The second kappa shape index (κ2) is 10.6. The van der Waals surface area contributed by atoms with Crippen LogP contribution in [0.1, 0.15) is 23.6 Å². The van der Waals surface area contributed by atoms with Crippen LogP contribution < -0.4 is 0 Å². The van der Waals surface area contributed by atoms with E-state index in [1.54, 1.807) is 24.3 Å². The summed E-state index contributed by atoms with van der Waals surface area (Å²) in [6, 6.07) is 13.2. The van der Waals surface area contributed by atoms with Crippen LogP contribution in [0.5, 0.6) is 0 Å². The highest BCUT2D eigenvalue weighted by atomic mass is 19.2. The van der Waals surface area contributed by atoms with Crippen LogP contribution in [-0.4, -0.2) is 0 Å². The van der Waals surface area contributed by atoms with E-state index in [1.165, 1.54) is 12.1 Å². The molecular formula is C29H18F8. The zero-order valence-corrected chi connectivity index (χ0v) is 19.3. The number of rotatable bonds is 6. The van der Waals surface area contributed by atoms with E-state index < -0.39 is 57.7 Å². The molecule has 0 nitrogen and oxygen atoms in total. The van der Waals surface area contributed by atoms with Gasteiger partial charge in [-0.15, -0.1) is 0 Å². The summed E-state index contributed by atoms with van der Waals surface area (Å²) in [5.74, 6) is -9.88. The smallest absolute Gasteiger partial charge is 0.194 e. The van der Waals surface area contributed by atoms with Crippen molar-refractivity contribution >= 4 is 5.83 Å². The molecule has 0 saturated heterocycles. The fourth-order valence-electron chi connectivity index (χ4n) is 3.94. The largest absolute Gasteiger partial charge is 0.209 e. The maximum Gasteiger partial charge on any atom is 0.194 e. The Balaban J connectivity index is 1.51. The summed E-state index contributed by atoms with van der Waals surface area (Å²) in [7, 11) is 0. The highest BCUT2D eigenvalue weighted by molar-refractivity contribution is 5.72. The van der Waals surface area contributed by atoms with E-state index in [-0.39, 0.29) is 17.5 Å². The molecule has 4 aromatic rings. The van der Waals surface area contributed by atoms with Crippen LogP contribution in [-0.2, 0) is 12.8 Å². The summed E-state index contributed by atoms with van der Waals surface area (Å²) >= 11 is 0. The molecular weight excluding hydrogens is 500 g/mol. The zero-order valence-electron chi connectivity index (χ0n) is 19.3. The Hall–Kier alpha value is -3.94. The predicted octanol–water partition coefficient (Wildman–Crippen LogP) is 9.27. The van der Waals surface area contributed by atoms with E-state index in [9.17, 15) is 35.1 Å². The van der Waals surface area contributed by atoms with Crippen molar-refractivity contribution in [1.82, 2.24) is 0 Å². The monoisotopic (exact) mass is 518 g/mol. The van der Waals surface area contributed by atoms with Crippen molar-refractivity contribution in [3.63, 3.8) is 0 Å². The SMILES string of the molecule is CC(F)=C(F)c1ccc(CCc2ccc(-c3cc(F)c(-c4cc(F)c(F)c(F)c4)c(F)c3)cc2)c(F)c1. The van der Waals surface area contributed by atoms with Crippen LogP contribution in [0.4, 0.5) is 35.1 Å². The molecule has 0 N–H and O–H groups in total. The maximum absolute atomic E-state index is 14.7. The fraction of sp³-hybridized carbons (Fsp3) is 0.103. The van der Waals surface area contributed by atoms with E-state index >= 15 is 0 Å². The second-order valence-corrected chi connectivity index (χ2v) is 8.42. The summed E-state index contributed by atoms with van der Waals surface area (Å²) in [5.41, 5.74) is 0.344. The van der Waals surface area contributed by atoms with Crippen molar-refractivity contribution in [2.24, 2.45) is 0 Å². The summed E-state index contributed by atoms with van der Waals surface area (Å²) in [6.45, 7) is 0.940. The summed E-state index contributed by atoms with van der Waals surface area (Å²) in [6.07, 6.45) is 0.675. The second-order valence-electron chi connectivity index (χ2n) is 8.42. The Bertz CT molecular complexity index is 1450. The molecule has 0 bridgehead atoms. The van der Waals surface area contributed by atoms with Gasteiger partial charge in [0.05, 0.1) is 5.56 Å². The predicted molar refractivity (Wildman–Crippen MR) is 126 cm³/mol. The van der Waals surface area contributed by atoms with Crippen molar-refractivity contribution in [2.75, 3.05) is 0 Å². The van der Waals surface area contributed by atoms with Crippen LogP contribution in [0.3, 0.4) is 0 Å². The van der Waals surface area contributed by atoms with Gasteiger partial charge in [-0.2, -0.15) is 0 Å². The molecule has 8 heteroatoms. The highest BCUT2D eigenvalue weighted by Gasteiger charge is 2.19. The highest BCUT2D eigenvalue weighted by Crippen LogP contribution is 2.33. The molecule has 0 aromatic heterocycles. The molecule has 0 saturated carbocycles. The van der Waals surface area contributed by atoms with Gasteiger partial charge in [-0.3, -0.25) is 0 Å². The Morgan fingerprint density at radius 1 is 0.568 bits per heavy atom. The lowest BCUT2D eigenvalue weighted by Gasteiger charge is -2.11. The van der Waals surface area contributed by atoms with Gasteiger partial charge in [-0.1, -0.05) is 36.4 Å². The van der Waals surface area contributed by atoms with Crippen molar-refractivity contribution in [3.8, 4) is 22.3 Å². The van der Waals surface area contributed by atoms with E-state index in [4.69, 9.17) is 0 Å². The molecule has 0 aliphatic heterocycles. The molecule has 0 fully saturated rings. The number of aryl methyl sites for hydroxylation is 2. The van der Waals surface area contributed by atoms with Crippen molar-refractivity contribution in [3.05, 3.63) is 124 Å². The van der Waals surface area contributed by atoms with Gasteiger partial charge in [-0.25, -0.2) is 35.1 Å². The van der Waals surface area contributed by atoms with Gasteiger partial charge in [0.25, 0.3) is 0 Å². The molecule has 0 aliphatic rings. The molecule has 0 unspecified atom stereocenters. The van der Waals surface area contributed by atoms with Gasteiger partial charge in [0.15, 0.2) is 23.3 Å². The lowest BCUT2D eigenvalue weighted by molar-refractivity contribution is 0.447. The van der Waals surface area contributed by atoms with Gasteiger partial charge >= 0.3 is 0 Å². The molecule has 190 valence electrons. The molecule has 37 heavy (non-hydrogen) atoms. The zero-order chi connectivity index (χ0) is 26.9. The van der Waals surface area contributed by atoms with Crippen LogP contribution in [0, 0.1) is 34.9 Å². The molecule has 0 aliphatic carbocycles. The number of hydrogen-bond donors (Lipinski definition) is 0. The van der Waals surface area contributed by atoms with Gasteiger partial charge < -0.3 is 0 Å². The standard InChI is InChI=1S/C29H18F8/c1-15(30)28(36)19-9-8-18(22(31)10-19)7-4-16-2-5-17(6-3-16)20-11-23(32)27(24(33)12-20)21-13-25(34)29(37)26(35)14-21/h2-3,5-6,8-14H,4,7H2,1H3. The van der Waals surface area contributed by atoms with Crippen molar-refractivity contribution in [2.45, 2.75) is 19.8 Å². The van der Waals surface area contributed by atoms with Gasteiger partial charge in [0, 0.05) is 5.56 Å². The fourth-order valence-corrected chi connectivity index (χ4v) is 3.94. The topological polar surface area (TPSA) is 0 Å². The minimum Gasteiger partial charge on any atom is -0.209 e. The number of allylic oxidation sites excluding steroid dienone is 1. The molecule has 0 amide bonds. The first-order valence-electron chi connectivity index (χ1n) is 11.1. The Labute approximate surface area is 207 Å². The number of hydrogen-bond acceptors (Lipinski definition) is 0. The normalized spacial score (nSPS) is 12.0. The third-order valence-electron chi connectivity index (χ3n) is 5.89. The number of benzene rings is 4. The molecule has 0 atom stereocenters. The average Bonchev–Trinajstić information content (AvgIpc) is 2.85. The van der Waals surface area contributed by atoms with Crippen molar-refractivity contribution < 1.29 is 35.1 Å². The van der Waals surface area contributed by atoms with Crippen LogP contribution in [0.2, 0.25) is 0 Å². The van der Waals surface area contributed by atoms with E-state index in [0.717, 1.165) is 30.7 Å². The van der Waals surface area contributed by atoms with Crippen LogP contribution in [0.25, 0.3) is 28.1 Å². The number of halogens is 8. The van der Waals surface area contributed by atoms with E-state index in [1.807, 2.05) is 0 Å². The molecule has 0 heterocycles. The molecule has 0 spiro atoms. The molecule has 4 aromatic carbocycles. The van der Waals surface area contributed by atoms with Gasteiger partial charge in [0.1, 0.15) is 23.3 Å². The average molecular weight is 518 g/mol. The first kappa shape index (κ1) is 26.1. The summed E-state index contributed by atoms with van der Waals surface area (Å²) in [5, 5.41) is 0. The Morgan fingerprint density at radius 2 is 1.14 bits per heavy atom. The van der Waals surface area contributed by atoms with E-state index in [2.05, 4.69) is 0 Å². The maximum atomic E-state index is 14.7. The quantitative estimate of drug-likeness (QED) is 0.176. The van der Waals surface area contributed by atoms with Crippen LogP contribution in [0.15, 0.2) is 72.6 Å². The lowest BCUT2D eigenvalue weighted by atomic mass is 9.97. The van der Waals surface area contributed by atoms with Crippen LogP contribution >= 0.6 is 0 Å².